The molecule has 0 radical (unpaired) electrons. The number of nitrogens with zero attached hydrogens (tertiary/aromatic N) is 3. The highest BCUT2D eigenvalue weighted by Crippen LogP contribution is 2.29. The maximum Gasteiger partial charge on any atom is 0.269 e. The molecule has 4 heterocycles. The van der Waals surface area contributed by atoms with Crippen LogP contribution in [-0.2, 0) is 0 Å². The van der Waals surface area contributed by atoms with E-state index in [9.17, 15) is 4.79 Å². The maximum atomic E-state index is 12.5. The molecular weight excluding hydrogens is 360 g/mol. The summed E-state index contributed by atoms with van der Waals surface area (Å²) in [5.41, 5.74) is 1.61. The van der Waals surface area contributed by atoms with Gasteiger partial charge in [0, 0.05) is 17.8 Å². The smallest absolute Gasteiger partial charge is 0.269 e. The van der Waals surface area contributed by atoms with Crippen molar-refractivity contribution in [1.29, 1.82) is 0 Å². The molecule has 0 fully saturated rings. The van der Waals surface area contributed by atoms with Gasteiger partial charge in [0.2, 0.25) is 0 Å². The van der Waals surface area contributed by atoms with Crippen LogP contribution in [0.5, 0.6) is 0 Å². The summed E-state index contributed by atoms with van der Waals surface area (Å²) in [6.07, 6.45) is 3.82. The van der Waals surface area contributed by atoms with E-state index in [2.05, 4.69) is 15.3 Å². The van der Waals surface area contributed by atoms with Crippen LogP contribution < -0.4 is 5.32 Å². The van der Waals surface area contributed by atoms with Crippen molar-refractivity contribution in [1.82, 2.24) is 14.5 Å². The van der Waals surface area contributed by atoms with Crippen LogP contribution in [0.25, 0.3) is 15.7 Å². The van der Waals surface area contributed by atoms with Gasteiger partial charge in [-0.3, -0.25) is 10.1 Å². The predicted octanol–water partition coefficient (Wildman–Crippen LogP) is 4.68. The third kappa shape index (κ3) is 2.91. The summed E-state index contributed by atoms with van der Waals surface area (Å²) in [4.78, 5) is 23.2. The molecular formula is C16H12N4OS3. The molecule has 1 amide bonds. The zero-order chi connectivity index (χ0) is 16.5. The maximum absolute atomic E-state index is 12.5. The molecule has 5 nitrogen and oxygen atoms in total. The van der Waals surface area contributed by atoms with Crippen LogP contribution in [0.2, 0.25) is 0 Å². The van der Waals surface area contributed by atoms with E-state index in [-0.39, 0.29) is 5.91 Å². The molecule has 4 aromatic rings. The number of rotatable bonds is 4. The minimum Gasteiger partial charge on any atom is -0.300 e. The third-order valence-electron chi connectivity index (χ3n) is 3.32. The summed E-state index contributed by atoms with van der Waals surface area (Å²) < 4.78 is 1.90. The minimum absolute atomic E-state index is 0.171. The lowest BCUT2D eigenvalue weighted by Crippen LogP contribution is -2.11. The van der Waals surface area contributed by atoms with Crippen LogP contribution in [0.1, 0.15) is 15.4 Å². The van der Waals surface area contributed by atoms with Gasteiger partial charge in [0.15, 0.2) is 10.3 Å². The van der Waals surface area contributed by atoms with E-state index in [0.717, 1.165) is 21.4 Å². The van der Waals surface area contributed by atoms with E-state index in [0.29, 0.717) is 10.0 Å². The zero-order valence-corrected chi connectivity index (χ0v) is 15.0. The first kappa shape index (κ1) is 15.3. The van der Waals surface area contributed by atoms with Crippen molar-refractivity contribution in [3.05, 3.63) is 58.0 Å². The first-order valence-electron chi connectivity index (χ1n) is 7.12. The van der Waals surface area contributed by atoms with Crippen molar-refractivity contribution in [3.8, 4) is 15.7 Å². The fourth-order valence-electron chi connectivity index (χ4n) is 2.19. The van der Waals surface area contributed by atoms with Gasteiger partial charge in [0.25, 0.3) is 5.91 Å². The number of anilines is 1. The normalized spacial score (nSPS) is 10.9. The van der Waals surface area contributed by atoms with E-state index < -0.39 is 0 Å². The van der Waals surface area contributed by atoms with Gasteiger partial charge in [-0.15, -0.1) is 22.7 Å². The van der Waals surface area contributed by atoms with Gasteiger partial charge in [-0.2, -0.15) is 0 Å². The Morgan fingerprint density at radius 2 is 2.00 bits per heavy atom. The fraction of sp³-hybridized carbons (Fsp3) is 0.0625. The van der Waals surface area contributed by atoms with Crippen LogP contribution in [-0.4, -0.2) is 20.4 Å². The quantitative estimate of drug-likeness (QED) is 0.566. The predicted molar refractivity (Wildman–Crippen MR) is 99.6 cm³/mol. The average molecular weight is 372 g/mol. The Bertz CT molecular complexity index is 967. The minimum atomic E-state index is -0.171. The topological polar surface area (TPSA) is 59.8 Å². The number of nitrogens with one attached hydrogen (secondary N) is 1. The third-order valence-corrected chi connectivity index (χ3v) is 6.13. The Hall–Kier alpha value is -2.29. The molecule has 1 N–H and O–H groups in total. The highest BCUT2D eigenvalue weighted by Gasteiger charge is 2.17. The number of thiazole rings is 2. The Morgan fingerprint density at radius 3 is 2.75 bits per heavy atom. The first-order chi connectivity index (χ1) is 11.7. The number of hydrogen-bond acceptors (Lipinski definition) is 6. The standard InChI is InChI=1S/C16H12N4OS3/c1-10-13(24-16(17-10)20-6-2-3-7-20)14(21)19-15-18-11(9-23-15)12-5-4-8-22-12/h2-9H,1H3,(H,18,19,21). The van der Waals surface area contributed by atoms with E-state index >= 15 is 0 Å². The van der Waals surface area contributed by atoms with E-state index in [1.54, 1.807) is 11.3 Å². The lowest BCUT2D eigenvalue weighted by Gasteiger charge is -1.99. The highest BCUT2D eigenvalue weighted by atomic mass is 32.1. The largest absolute Gasteiger partial charge is 0.300 e. The first-order valence-corrected chi connectivity index (χ1v) is 9.70. The number of amides is 1. The van der Waals surface area contributed by atoms with Crippen LogP contribution in [0.3, 0.4) is 0 Å². The summed E-state index contributed by atoms with van der Waals surface area (Å²) in [7, 11) is 0. The lowest BCUT2D eigenvalue weighted by molar-refractivity contribution is 0.103. The van der Waals surface area contributed by atoms with Crippen molar-refractivity contribution in [2.75, 3.05) is 5.32 Å². The molecule has 0 aliphatic rings. The molecule has 0 aromatic carbocycles. The van der Waals surface area contributed by atoms with E-state index in [1.165, 1.54) is 22.7 Å². The second-order valence-electron chi connectivity index (χ2n) is 4.97. The van der Waals surface area contributed by atoms with Crippen molar-refractivity contribution in [3.63, 3.8) is 0 Å². The van der Waals surface area contributed by atoms with Gasteiger partial charge < -0.3 is 4.57 Å². The molecule has 0 aliphatic carbocycles. The summed E-state index contributed by atoms with van der Waals surface area (Å²) >= 11 is 4.42. The van der Waals surface area contributed by atoms with Gasteiger partial charge >= 0.3 is 0 Å². The van der Waals surface area contributed by atoms with Gasteiger partial charge in [-0.25, -0.2) is 9.97 Å². The van der Waals surface area contributed by atoms with Crippen LogP contribution in [0, 0.1) is 6.92 Å². The summed E-state index contributed by atoms with van der Waals surface area (Å²) in [5, 5.41) is 8.21. The molecule has 0 saturated heterocycles. The van der Waals surface area contributed by atoms with Crippen LogP contribution in [0.15, 0.2) is 47.4 Å². The van der Waals surface area contributed by atoms with Gasteiger partial charge in [-0.05, 0) is 30.5 Å². The highest BCUT2D eigenvalue weighted by molar-refractivity contribution is 7.17. The molecule has 0 atom stereocenters. The number of thiophene rings is 1. The molecule has 0 spiro atoms. The number of hydrogen-bond donors (Lipinski definition) is 1. The van der Waals surface area contributed by atoms with Crippen molar-refractivity contribution >= 4 is 45.0 Å². The van der Waals surface area contributed by atoms with Crippen LogP contribution >= 0.6 is 34.0 Å². The Morgan fingerprint density at radius 1 is 1.17 bits per heavy atom. The number of aromatic nitrogens is 3. The van der Waals surface area contributed by atoms with Crippen molar-refractivity contribution in [2.45, 2.75) is 6.92 Å². The van der Waals surface area contributed by atoms with E-state index in [1.807, 2.05) is 58.9 Å². The second-order valence-corrected chi connectivity index (χ2v) is 7.75. The summed E-state index contributed by atoms with van der Waals surface area (Å²) in [6, 6.07) is 7.86. The zero-order valence-electron chi connectivity index (χ0n) is 12.6. The van der Waals surface area contributed by atoms with Gasteiger partial charge in [-0.1, -0.05) is 17.4 Å². The molecule has 0 bridgehead atoms. The molecule has 120 valence electrons. The Balaban J connectivity index is 1.54. The average Bonchev–Trinajstić information content (AvgIpc) is 3.34. The second kappa shape index (κ2) is 6.31. The molecule has 4 aromatic heterocycles. The summed E-state index contributed by atoms with van der Waals surface area (Å²) in [6.45, 7) is 1.84. The van der Waals surface area contributed by atoms with Crippen molar-refractivity contribution in [2.24, 2.45) is 0 Å². The van der Waals surface area contributed by atoms with Crippen molar-refractivity contribution < 1.29 is 4.79 Å². The molecule has 0 aliphatic heterocycles. The number of aryl methyl sites for hydroxylation is 1. The number of carbonyl (C=O) groups excluding carboxylic acids is 1. The SMILES string of the molecule is Cc1nc(-n2cccc2)sc1C(=O)Nc1nc(-c2cccs2)cs1. The molecule has 0 unspecified atom stereocenters. The Kier molecular flexibility index (Phi) is 4.01. The van der Waals surface area contributed by atoms with Gasteiger partial charge in [0.1, 0.15) is 4.88 Å². The monoisotopic (exact) mass is 372 g/mol. The molecule has 0 saturated carbocycles. The lowest BCUT2D eigenvalue weighted by atomic mass is 10.4. The van der Waals surface area contributed by atoms with Crippen LogP contribution in [0.4, 0.5) is 5.13 Å². The fourth-order valence-corrected chi connectivity index (χ4v) is 4.58. The van der Waals surface area contributed by atoms with E-state index in [4.69, 9.17) is 0 Å². The molecule has 4 rings (SSSR count). The number of carbonyl (C=O) groups is 1. The summed E-state index contributed by atoms with van der Waals surface area (Å²) in [5.74, 6) is -0.171. The van der Waals surface area contributed by atoms with Gasteiger partial charge in [0.05, 0.1) is 16.3 Å². The Labute approximate surface area is 150 Å². The molecule has 24 heavy (non-hydrogen) atoms. The molecule has 8 heteroatoms.